The molecule has 0 radical (unpaired) electrons. The van der Waals surface area contributed by atoms with E-state index in [9.17, 15) is 19.2 Å². The van der Waals surface area contributed by atoms with Crippen LogP contribution < -0.4 is 10.3 Å². The van der Waals surface area contributed by atoms with Crippen molar-refractivity contribution in [2.45, 2.75) is 38.7 Å². The molecule has 1 aromatic heterocycles. The molecule has 2 aromatic rings. The van der Waals surface area contributed by atoms with Gasteiger partial charge in [0.25, 0.3) is 5.56 Å². The molecule has 1 N–H and O–H groups in total. The maximum Gasteiger partial charge on any atom is 0.314 e. The molecule has 0 spiro atoms. The summed E-state index contributed by atoms with van der Waals surface area (Å²) < 4.78 is 30.5. The molecule has 9 heteroatoms. The van der Waals surface area contributed by atoms with Gasteiger partial charge < -0.3 is 19.2 Å². The third-order valence-corrected chi connectivity index (χ3v) is 4.62. The number of nitrogens with zero attached hydrogens (tertiary/aromatic N) is 1. The monoisotopic (exact) mass is 450 g/mol. The van der Waals surface area contributed by atoms with Gasteiger partial charge in [-0.1, -0.05) is 11.6 Å². The highest BCUT2D eigenvalue weighted by Crippen LogP contribution is 2.40. The van der Waals surface area contributed by atoms with E-state index in [4.69, 9.17) is 25.8 Å². The second-order valence-electron chi connectivity index (χ2n) is 7.76. The number of esters is 1. The van der Waals surface area contributed by atoms with Gasteiger partial charge >= 0.3 is 5.97 Å². The molecule has 0 aliphatic carbocycles. The summed E-state index contributed by atoms with van der Waals surface area (Å²) in [5, 5.41) is 9.56. The summed E-state index contributed by atoms with van der Waals surface area (Å²) in [5.74, 6) is -2.45. The van der Waals surface area contributed by atoms with Crippen molar-refractivity contribution in [2.24, 2.45) is 0 Å². The van der Waals surface area contributed by atoms with Crippen LogP contribution in [-0.2, 0) is 14.3 Å². The Kier molecular flexibility index (Phi) is 7.82. The fourth-order valence-electron chi connectivity index (χ4n) is 3.17. The lowest BCUT2D eigenvalue weighted by atomic mass is 9.87. The zero-order valence-corrected chi connectivity index (χ0v) is 18.7. The molecule has 1 unspecified atom stereocenters. The van der Waals surface area contributed by atoms with Crippen LogP contribution in [0.5, 0.6) is 5.75 Å². The molecule has 166 valence electrons. The predicted octanol–water partition coefficient (Wildman–Crippen LogP) is 4.18. The number of H-pyrrole nitrogens is 1. The fourth-order valence-corrected chi connectivity index (χ4v) is 3.38. The minimum atomic E-state index is -1.07. The highest BCUT2D eigenvalue weighted by molar-refractivity contribution is 6.31. The number of ether oxygens (including phenoxy) is 3. The molecule has 0 aliphatic rings. The van der Waals surface area contributed by atoms with Crippen molar-refractivity contribution in [1.82, 2.24) is 4.98 Å². The molecule has 2 rings (SSSR count). The smallest absolute Gasteiger partial charge is 0.314 e. The first-order valence-electron chi connectivity index (χ1n) is 9.45. The van der Waals surface area contributed by atoms with Crippen molar-refractivity contribution in [1.29, 1.82) is 5.26 Å². The normalized spacial score (nSPS) is 12.2. The van der Waals surface area contributed by atoms with Gasteiger partial charge in [0.05, 0.1) is 18.6 Å². The summed E-state index contributed by atoms with van der Waals surface area (Å²) in [6.45, 7) is 5.26. The first kappa shape index (κ1) is 24.4. The van der Waals surface area contributed by atoms with Gasteiger partial charge in [0, 0.05) is 41.6 Å². The summed E-state index contributed by atoms with van der Waals surface area (Å²) in [6.07, 6.45) is 1.39. The number of aromatic amines is 1. The van der Waals surface area contributed by atoms with Gasteiger partial charge in [0.1, 0.15) is 23.2 Å². The van der Waals surface area contributed by atoms with Gasteiger partial charge in [-0.3, -0.25) is 9.59 Å². The second-order valence-corrected chi connectivity index (χ2v) is 8.20. The van der Waals surface area contributed by atoms with E-state index in [1.54, 1.807) is 26.8 Å². The first-order valence-corrected chi connectivity index (χ1v) is 9.82. The number of nitrogens with one attached hydrogen (secondary N) is 1. The van der Waals surface area contributed by atoms with Crippen LogP contribution in [0.25, 0.3) is 11.1 Å². The Balaban J connectivity index is 2.89. The van der Waals surface area contributed by atoms with E-state index in [1.165, 1.54) is 26.5 Å². The van der Waals surface area contributed by atoms with Gasteiger partial charge in [0.15, 0.2) is 0 Å². The first-order chi connectivity index (χ1) is 14.5. The average molecular weight is 451 g/mol. The van der Waals surface area contributed by atoms with E-state index in [2.05, 4.69) is 4.98 Å². The molecular weight excluding hydrogens is 427 g/mol. The van der Waals surface area contributed by atoms with Crippen LogP contribution in [0.4, 0.5) is 4.39 Å². The zero-order chi connectivity index (χ0) is 23.3. The van der Waals surface area contributed by atoms with Crippen LogP contribution in [-0.4, -0.2) is 37.4 Å². The van der Waals surface area contributed by atoms with Gasteiger partial charge in [-0.2, -0.15) is 5.26 Å². The highest BCUT2D eigenvalue weighted by atomic mass is 35.5. The van der Waals surface area contributed by atoms with Crippen molar-refractivity contribution < 1.29 is 23.4 Å². The second kappa shape index (κ2) is 9.94. The van der Waals surface area contributed by atoms with E-state index >= 15 is 0 Å². The Bertz CT molecular complexity index is 1070. The molecule has 0 amide bonds. The Labute approximate surface area is 184 Å². The van der Waals surface area contributed by atoms with Crippen molar-refractivity contribution in [2.75, 3.05) is 20.8 Å². The zero-order valence-electron chi connectivity index (χ0n) is 18.0. The molecule has 31 heavy (non-hydrogen) atoms. The minimum absolute atomic E-state index is 0.0190. The van der Waals surface area contributed by atoms with E-state index in [0.717, 1.165) is 6.07 Å². The van der Waals surface area contributed by atoms with Crippen LogP contribution in [0, 0.1) is 17.1 Å². The third-order valence-electron chi connectivity index (χ3n) is 4.40. The predicted molar refractivity (Wildman–Crippen MR) is 114 cm³/mol. The summed E-state index contributed by atoms with van der Waals surface area (Å²) in [7, 11) is 2.81. The van der Waals surface area contributed by atoms with Crippen molar-refractivity contribution in [3.8, 4) is 22.9 Å². The van der Waals surface area contributed by atoms with Crippen LogP contribution in [0.3, 0.4) is 0 Å². The van der Waals surface area contributed by atoms with Crippen LogP contribution >= 0.6 is 11.6 Å². The fraction of sp³-hybridized carbons (Fsp3) is 0.409. The van der Waals surface area contributed by atoms with E-state index < -0.39 is 28.9 Å². The number of aromatic nitrogens is 1. The summed E-state index contributed by atoms with van der Waals surface area (Å²) >= 11 is 6.04. The standard InChI is InChI=1S/C22H24ClFN2O5/c1-22(2,3)31-21(28)13(6-7-29-4)19-18(17(30-5)11-26-20(19)27)14-8-12(23)9-16(24)15(14)10-25/h8-9,11,13H,6-7H2,1-5H3,(H,26,27). The van der Waals surface area contributed by atoms with E-state index in [0.29, 0.717) is 0 Å². The van der Waals surface area contributed by atoms with Crippen LogP contribution in [0.2, 0.25) is 5.02 Å². The minimum Gasteiger partial charge on any atom is -0.495 e. The lowest BCUT2D eigenvalue weighted by Crippen LogP contribution is -2.31. The van der Waals surface area contributed by atoms with Crippen LogP contribution in [0.1, 0.15) is 44.2 Å². The van der Waals surface area contributed by atoms with E-state index in [-0.39, 0.29) is 46.1 Å². The molecule has 7 nitrogen and oxygen atoms in total. The molecule has 0 saturated heterocycles. The average Bonchev–Trinajstić information content (AvgIpc) is 2.67. The molecule has 1 heterocycles. The lowest BCUT2D eigenvalue weighted by Gasteiger charge is -2.25. The largest absolute Gasteiger partial charge is 0.495 e. The molecule has 0 fully saturated rings. The van der Waals surface area contributed by atoms with Crippen molar-refractivity contribution in [3.63, 3.8) is 0 Å². The molecule has 0 saturated carbocycles. The number of carbonyl (C=O) groups excluding carboxylic acids is 1. The number of rotatable bonds is 7. The highest BCUT2D eigenvalue weighted by Gasteiger charge is 2.33. The third kappa shape index (κ3) is 5.63. The maximum atomic E-state index is 14.5. The maximum absolute atomic E-state index is 14.5. The van der Waals surface area contributed by atoms with Gasteiger partial charge in [0.2, 0.25) is 0 Å². The number of pyridine rings is 1. The summed E-state index contributed by atoms with van der Waals surface area (Å²) in [5.41, 5.74) is -1.64. The molecule has 1 aromatic carbocycles. The molecule has 0 bridgehead atoms. The SMILES string of the molecule is COCCC(C(=O)OC(C)(C)C)c1c(-c2cc(Cl)cc(F)c2C#N)c(OC)c[nH]c1=O. The Morgan fingerprint density at radius 1 is 1.32 bits per heavy atom. The molecule has 1 atom stereocenters. The molecule has 0 aliphatic heterocycles. The Morgan fingerprint density at radius 2 is 2.00 bits per heavy atom. The number of nitriles is 1. The van der Waals surface area contributed by atoms with Gasteiger partial charge in [-0.05, 0) is 39.3 Å². The number of halogens is 2. The number of methoxy groups -OCH3 is 2. The lowest BCUT2D eigenvalue weighted by molar-refractivity contribution is -0.157. The number of hydrogen-bond donors (Lipinski definition) is 1. The van der Waals surface area contributed by atoms with Gasteiger partial charge in [-0.25, -0.2) is 4.39 Å². The quantitative estimate of drug-likeness (QED) is 0.635. The van der Waals surface area contributed by atoms with E-state index in [1.807, 2.05) is 0 Å². The van der Waals surface area contributed by atoms with Crippen molar-refractivity contribution in [3.05, 3.63) is 50.7 Å². The van der Waals surface area contributed by atoms with Crippen LogP contribution in [0.15, 0.2) is 23.1 Å². The number of hydrogen-bond acceptors (Lipinski definition) is 6. The Hall–Kier alpha value is -2.89. The summed E-state index contributed by atoms with van der Waals surface area (Å²) in [6, 6.07) is 4.15. The Morgan fingerprint density at radius 3 is 2.55 bits per heavy atom. The number of benzene rings is 1. The topological polar surface area (TPSA) is 101 Å². The number of carbonyl (C=O) groups is 1. The summed E-state index contributed by atoms with van der Waals surface area (Å²) in [4.78, 5) is 28.5. The molecular formula is C22H24ClFN2O5. The van der Waals surface area contributed by atoms with Crippen molar-refractivity contribution >= 4 is 17.6 Å². The van der Waals surface area contributed by atoms with Gasteiger partial charge in [-0.15, -0.1) is 0 Å².